The molecule has 2 N–H and O–H groups in total. The van der Waals surface area contributed by atoms with Crippen LogP contribution in [-0.2, 0) is 0 Å². The smallest absolute Gasteiger partial charge is 0.0626 e. The predicted octanol–water partition coefficient (Wildman–Crippen LogP) is 3.28. The van der Waals surface area contributed by atoms with Gasteiger partial charge in [0.05, 0.1) is 12.6 Å². The van der Waals surface area contributed by atoms with Gasteiger partial charge >= 0.3 is 0 Å². The van der Waals surface area contributed by atoms with E-state index in [1.54, 1.807) is 0 Å². The quantitative estimate of drug-likeness (QED) is 0.881. The summed E-state index contributed by atoms with van der Waals surface area (Å²) in [7, 11) is 0. The second kappa shape index (κ2) is 4.85. The van der Waals surface area contributed by atoms with Crippen molar-refractivity contribution < 1.29 is 5.11 Å². The van der Waals surface area contributed by atoms with Gasteiger partial charge in [0.15, 0.2) is 0 Å². The van der Waals surface area contributed by atoms with Crippen LogP contribution in [0.1, 0.15) is 50.1 Å². The molecular formula is C18H25NO. The molecule has 2 heteroatoms. The molecule has 0 heterocycles. The molecule has 0 aliphatic heterocycles. The van der Waals surface area contributed by atoms with Gasteiger partial charge in [-0.15, -0.1) is 0 Å². The van der Waals surface area contributed by atoms with Crippen LogP contribution in [0, 0.1) is 17.8 Å². The van der Waals surface area contributed by atoms with Gasteiger partial charge in [-0.2, -0.15) is 0 Å². The van der Waals surface area contributed by atoms with E-state index >= 15 is 0 Å². The van der Waals surface area contributed by atoms with E-state index in [9.17, 15) is 5.11 Å². The zero-order chi connectivity index (χ0) is 13.6. The number of hydrogen-bond acceptors (Lipinski definition) is 2. The molecule has 1 atom stereocenters. The van der Waals surface area contributed by atoms with E-state index < -0.39 is 0 Å². The maximum absolute atomic E-state index is 9.82. The van der Waals surface area contributed by atoms with Crippen LogP contribution in [0.5, 0.6) is 0 Å². The monoisotopic (exact) mass is 271 g/mol. The Bertz CT molecular complexity index is 434. The van der Waals surface area contributed by atoms with E-state index in [0.29, 0.717) is 5.54 Å². The fourth-order valence-corrected chi connectivity index (χ4v) is 5.58. The van der Waals surface area contributed by atoms with Gasteiger partial charge < -0.3 is 10.4 Å². The second-order valence-electron chi connectivity index (χ2n) is 7.49. The van der Waals surface area contributed by atoms with Gasteiger partial charge in [-0.25, -0.2) is 0 Å². The van der Waals surface area contributed by atoms with Crippen molar-refractivity contribution in [3.63, 3.8) is 0 Å². The highest BCUT2D eigenvalue weighted by Gasteiger charge is 2.51. The van der Waals surface area contributed by atoms with Crippen LogP contribution in [0.15, 0.2) is 30.3 Å². The molecule has 0 radical (unpaired) electrons. The Morgan fingerprint density at radius 1 is 1.00 bits per heavy atom. The first-order valence-corrected chi connectivity index (χ1v) is 8.20. The van der Waals surface area contributed by atoms with Crippen molar-refractivity contribution in [3.8, 4) is 0 Å². The van der Waals surface area contributed by atoms with Crippen molar-refractivity contribution in [3.05, 3.63) is 35.9 Å². The van der Waals surface area contributed by atoms with Crippen LogP contribution < -0.4 is 5.32 Å². The van der Waals surface area contributed by atoms with Crippen molar-refractivity contribution in [1.29, 1.82) is 0 Å². The summed E-state index contributed by atoms with van der Waals surface area (Å²) in [5, 5.41) is 13.7. The van der Waals surface area contributed by atoms with Gasteiger partial charge in [-0.05, 0) is 61.8 Å². The zero-order valence-corrected chi connectivity index (χ0v) is 12.1. The maximum atomic E-state index is 9.82. The molecule has 1 aromatic rings. The lowest BCUT2D eigenvalue weighted by molar-refractivity contribution is -0.0288. The highest BCUT2D eigenvalue weighted by molar-refractivity contribution is 5.20. The maximum Gasteiger partial charge on any atom is 0.0626 e. The molecule has 1 aromatic carbocycles. The van der Waals surface area contributed by atoms with Gasteiger partial charge in [0.25, 0.3) is 0 Å². The number of aliphatic hydroxyl groups excluding tert-OH is 1. The van der Waals surface area contributed by atoms with Gasteiger partial charge in [0, 0.05) is 5.54 Å². The van der Waals surface area contributed by atoms with Crippen LogP contribution in [-0.4, -0.2) is 17.3 Å². The summed E-state index contributed by atoms with van der Waals surface area (Å²) in [6.45, 7) is 0.200. The Balaban J connectivity index is 1.55. The third-order valence-corrected chi connectivity index (χ3v) is 5.90. The Labute approximate surface area is 121 Å². The molecule has 0 saturated heterocycles. The van der Waals surface area contributed by atoms with E-state index in [0.717, 1.165) is 17.8 Å². The first-order chi connectivity index (χ1) is 9.76. The summed E-state index contributed by atoms with van der Waals surface area (Å²) >= 11 is 0. The summed E-state index contributed by atoms with van der Waals surface area (Å²) in [4.78, 5) is 0. The summed E-state index contributed by atoms with van der Waals surface area (Å²) in [6, 6.07) is 10.6. The predicted molar refractivity (Wildman–Crippen MR) is 80.3 cm³/mol. The molecule has 20 heavy (non-hydrogen) atoms. The molecule has 108 valence electrons. The van der Waals surface area contributed by atoms with Crippen molar-refractivity contribution >= 4 is 0 Å². The van der Waals surface area contributed by atoms with Crippen LogP contribution in [0.25, 0.3) is 0 Å². The van der Waals surface area contributed by atoms with E-state index in [4.69, 9.17) is 0 Å². The number of nitrogens with one attached hydrogen (secondary N) is 1. The second-order valence-corrected chi connectivity index (χ2v) is 7.49. The van der Waals surface area contributed by atoms with Gasteiger partial charge in [-0.1, -0.05) is 30.3 Å². The van der Waals surface area contributed by atoms with Crippen LogP contribution >= 0.6 is 0 Å². The lowest BCUT2D eigenvalue weighted by Crippen LogP contribution is -2.59. The van der Waals surface area contributed by atoms with Crippen LogP contribution in [0.4, 0.5) is 0 Å². The number of benzene rings is 1. The van der Waals surface area contributed by atoms with E-state index in [-0.39, 0.29) is 12.6 Å². The van der Waals surface area contributed by atoms with E-state index in [2.05, 4.69) is 29.6 Å². The van der Waals surface area contributed by atoms with Crippen LogP contribution in [0.2, 0.25) is 0 Å². The highest BCUT2D eigenvalue weighted by Crippen LogP contribution is 2.56. The van der Waals surface area contributed by atoms with Crippen LogP contribution in [0.3, 0.4) is 0 Å². The normalized spacial score (nSPS) is 40.0. The summed E-state index contributed by atoms with van der Waals surface area (Å²) in [5.41, 5.74) is 1.54. The van der Waals surface area contributed by atoms with Gasteiger partial charge in [-0.3, -0.25) is 0 Å². The average molecular weight is 271 g/mol. The minimum atomic E-state index is 0.104. The summed E-state index contributed by atoms with van der Waals surface area (Å²) < 4.78 is 0. The molecule has 0 amide bonds. The Kier molecular flexibility index (Phi) is 3.12. The number of rotatable bonds is 4. The molecule has 0 aromatic heterocycles. The highest BCUT2D eigenvalue weighted by atomic mass is 16.3. The zero-order valence-electron chi connectivity index (χ0n) is 12.1. The SMILES string of the molecule is OC[C@@H](NC12CC3CC(CC(C3)C1)C2)c1ccccc1. The molecule has 4 aliphatic carbocycles. The van der Waals surface area contributed by atoms with Crippen molar-refractivity contribution in [2.45, 2.75) is 50.1 Å². The molecule has 2 nitrogen and oxygen atoms in total. The molecule has 4 fully saturated rings. The molecule has 4 aliphatic rings. The molecule has 5 rings (SSSR count). The average Bonchev–Trinajstić information content (AvgIpc) is 2.44. The molecule has 0 unspecified atom stereocenters. The molecule has 0 spiro atoms. The lowest BCUT2D eigenvalue weighted by atomic mass is 9.53. The summed E-state index contributed by atoms with van der Waals surface area (Å²) in [5.74, 6) is 2.84. The Morgan fingerprint density at radius 2 is 1.55 bits per heavy atom. The fraction of sp³-hybridized carbons (Fsp3) is 0.667. The number of hydrogen-bond donors (Lipinski definition) is 2. The Morgan fingerprint density at radius 3 is 2.05 bits per heavy atom. The molecule has 4 bridgehead atoms. The van der Waals surface area contributed by atoms with Gasteiger partial charge in [0.1, 0.15) is 0 Å². The van der Waals surface area contributed by atoms with Crippen molar-refractivity contribution in [1.82, 2.24) is 5.32 Å². The first-order valence-electron chi connectivity index (χ1n) is 8.20. The fourth-order valence-electron chi connectivity index (χ4n) is 5.58. The standard InChI is InChI=1S/C18H25NO/c20-12-17(16-4-2-1-3-5-16)19-18-9-13-6-14(10-18)8-15(7-13)11-18/h1-5,13-15,17,19-20H,6-12H2/t13?,14?,15?,17-,18?/m1/s1. The topological polar surface area (TPSA) is 32.3 Å². The Hall–Kier alpha value is -0.860. The third kappa shape index (κ3) is 2.19. The lowest BCUT2D eigenvalue weighted by Gasteiger charge is -2.58. The van der Waals surface area contributed by atoms with Crippen molar-refractivity contribution in [2.24, 2.45) is 17.8 Å². The summed E-state index contributed by atoms with van der Waals surface area (Å²) in [6.07, 6.45) is 8.41. The van der Waals surface area contributed by atoms with E-state index in [1.165, 1.54) is 44.1 Å². The largest absolute Gasteiger partial charge is 0.394 e. The molecular weight excluding hydrogens is 246 g/mol. The van der Waals surface area contributed by atoms with Gasteiger partial charge in [0.2, 0.25) is 0 Å². The third-order valence-electron chi connectivity index (χ3n) is 5.90. The minimum Gasteiger partial charge on any atom is -0.394 e. The minimum absolute atomic E-state index is 0.104. The molecule has 4 saturated carbocycles. The number of aliphatic hydroxyl groups is 1. The first kappa shape index (κ1) is 12.8. The van der Waals surface area contributed by atoms with Crippen molar-refractivity contribution in [2.75, 3.05) is 6.61 Å². The van der Waals surface area contributed by atoms with E-state index in [1.807, 2.05) is 6.07 Å².